The van der Waals surface area contributed by atoms with Gasteiger partial charge in [0.25, 0.3) is 0 Å². The molecule has 2 aliphatic carbocycles. The van der Waals surface area contributed by atoms with Crippen LogP contribution in [-0.2, 0) is 11.3 Å². The summed E-state index contributed by atoms with van der Waals surface area (Å²) in [6.07, 6.45) is 6.45. The minimum Gasteiger partial charge on any atom is -0.306 e. The Morgan fingerprint density at radius 3 is 2.78 bits per heavy atom. The summed E-state index contributed by atoms with van der Waals surface area (Å²) < 4.78 is 2.20. The van der Waals surface area contributed by atoms with Crippen LogP contribution >= 0.6 is 11.8 Å². The lowest BCUT2D eigenvalue weighted by molar-refractivity contribution is -0.119. The molecule has 0 radical (unpaired) electrons. The van der Waals surface area contributed by atoms with Gasteiger partial charge in [0.05, 0.1) is 5.25 Å². The maximum atomic E-state index is 11.9. The van der Waals surface area contributed by atoms with Gasteiger partial charge in [0.2, 0.25) is 0 Å². The summed E-state index contributed by atoms with van der Waals surface area (Å²) >= 11 is 1.63. The summed E-state index contributed by atoms with van der Waals surface area (Å²) in [5.74, 6) is 2.14. The zero-order valence-corrected chi connectivity index (χ0v) is 11.6. The van der Waals surface area contributed by atoms with Crippen LogP contribution in [0.3, 0.4) is 0 Å². The Balaban J connectivity index is 1.77. The number of rotatable bonds is 4. The third kappa shape index (κ3) is 2.32. The van der Waals surface area contributed by atoms with E-state index in [1.165, 1.54) is 19.3 Å². The van der Waals surface area contributed by atoms with E-state index in [1.807, 2.05) is 0 Å². The summed E-state index contributed by atoms with van der Waals surface area (Å²) in [7, 11) is 0. The molecule has 4 nitrogen and oxygen atoms in total. The van der Waals surface area contributed by atoms with Gasteiger partial charge in [0.15, 0.2) is 5.16 Å². The van der Waals surface area contributed by atoms with E-state index in [1.54, 1.807) is 11.8 Å². The smallest absolute Gasteiger partial charge is 0.191 e. The molecule has 0 aliphatic heterocycles. The van der Waals surface area contributed by atoms with Crippen molar-refractivity contribution in [3.8, 4) is 0 Å². The zero-order valence-electron chi connectivity index (χ0n) is 10.8. The van der Waals surface area contributed by atoms with Gasteiger partial charge in [-0.15, -0.1) is 10.2 Å². The highest BCUT2D eigenvalue weighted by atomic mass is 32.2. The van der Waals surface area contributed by atoms with Gasteiger partial charge < -0.3 is 4.57 Å². The predicted molar refractivity (Wildman–Crippen MR) is 70.8 cm³/mol. The Bertz CT molecular complexity index is 453. The van der Waals surface area contributed by atoms with Crippen molar-refractivity contribution in [3.05, 3.63) is 5.82 Å². The highest BCUT2D eigenvalue weighted by Gasteiger charge is 2.31. The number of ketones is 1. The average molecular weight is 265 g/mol. The Morgan fingerprint density at radius 1 is 1.28 bits per heavy atom. The van der Waals surface area contributed by atoms with Crippen LogP contribution < -0.4 is 0 Å². The van der Waals surface area contributed by atoms with E-state index >= 15 is 0 Å². The standard InChI is InChI=1S/C13H19N3OS/c1-2-16-12(9-7-8-9)14-15-13(16)18-11-6-4-3-5-10(11)17/h9,11H,2-8H2,1H3. The van der Waals surface area contributed by atoms with Gasteiger partial charge >= 0.3 is 0 Å². The fourth-order valence-corrected chi connectivity index (χ4v) is 3.76. The Hall–Kier alpha value is -0.840. The number of nitrogens with zero attached hydrogens (tertiary/aromatic N) is 3. The normalized spacial score (nSPS) is 24.5. The van der Waals surface area contributed by atoms with Crippen molar-refractivity contribution in [2.45, 2.75) is 68.3 Å². The first kappa shape index (κ1) is 12.2. The van der Waals surface area contributed by atoms with Crippen LogP contribution in [0.4, 0.5) is 0 Å². The quantitative estimate of drug-likeness (QED) is 0.840. The highest BCUT2D eigenvalue weighted by Crippen LogP contribution is 2.40. The molecular weight excluding hydrogens is 246 g/mol. The SMILES string of the molecule is CCn1c(SC2CCCCC2=O)nnc1C1CC1. The molecule has 1 aromatic heterocycles. The van der Waals surface area contributed by atoms with Crippen LogP contribution in [0.1, 0.15) is 57.2 Å². The van der Waals surface area contributed by atoms with Crippen LogP contribution in [0, 0.1) is 0 Å². The van der Waals surface area contributed by atoms with Gasteiger partial charge in [0, 0.05) is 18.9 Å². The number of carbonyl (C=O) groups is 1. The van der Waals surface area contributed by atoms with Crippen molar-refractivity contribution in [1.29, 1.82) is 0 Å². The van der Waals surface area contributed by atoms with E-state index in [2.05, 4.69) is 21.7 Å². The third-order valence-electron chi connectivity index (χ3n) is 3.75. The van der Waals surface area contributed by atoms with Crippen molar-refractivity contribution >= 4 is 17.5 Å². The monoisotopic (exact) mass is 265 g/mol. The van der Waals surface area contributed by atoms with E-state index in [0.29, 0.717) is 11.7 Å². The number of hydrogen-bond acceptors (Lipinski definition) is 4. The lowest BCUT2D eigenvalue weighted by Crippen LogP contribution is -2.22. The Kier molecular flexibility index (Phi) is 3.41. The highest BCUT2D eigenvalue weighted by molar-refractivity contribution is 8.00. The van der Waals surface area contributed by atoms with Crippen molar-refractivity contribution in [2.24, 2.45) is 0 Å². The molecular formula is C13H19N3OS. The van der Waals surface area contributed by atoms with Crippen molar-refractivity contribution in [2.75, 3.05) is 0 Å². The molecule has 0 spiro atoms. The van der Waals surface area contributed by atoms with Crippen molar-refractivity contribution in [1.82, 2.24) is 14.8 Å². The molecule has 1 aromatic rings. The summed E-state index contributed by atoms with van der Waals surface area (Å²) in [6, 6.07) is 0. The first-order valence-electron chi connectivity index (χ1n) is 6.92. The van der Waals surface area contributed by atoms with Crippen molar-refractivity contribution in [3.63, 3.8) is 0 Å². The molecule has 3 rings (SSSR count). The number of carbonyl (C=O) groups excluding carboxylic acids is 1. The molecule has 0 saturated heterocycles. The minimum absolute atomic E-state index is 0.111. The summed E-state index contributed by atoms with van der Waals surface area (Å²) in [5.41, 5.74) is 0. The molecule has 2 saturated carbocycles. The van der Waals surface area contributed by atoms with Gasteiger partial charge in [-0.1, -0.05) is 18.2 Å². The van der Waals surface area contributed by atoms with Gasteiger partial charge in [-0.3, -0.25) is 4.79 Å². The van der Waals surface area contributed by atoms with E-state index in [-0.39, 0.29) is 5.25 Å². The average Bonchev–Trinajstić information content (AvgIpc) is 3.14. The van der Waals surface area contributed by atoms with E-state index in [0.717, 1.165) is 36.8 Å². The molecule has 2 aliphatic rings. The summed E-state index contributed by atoms with van der Waals surface area (Å²) in [4.78, 5) is 11.9. The molecule has 0 aromatic carbocycles. The van der Waals surface area contributed by atoms with Crippen LogP contribution in [-0.4, -0.2) is 25.8 Å². The Labute approximate surface area is 112 Å². The van der Waals surface area contributed by atoms with Crippen molar-refractivity contribution < 1.29 is 4.79 Å². The van der Waals surface area contributed by atoms with E-state index in [4.69, 9.17) is 0 Å². The van der Waals surface area contributed by atoms with Crippen LogP contribution in [0.25, 0.3) is 0 Å². The largest absolute Gasteiger partial charge is 0.306 e. The molecule has 1 atom stereocenters. The second-order valence-electron chi connectivity index (χ2n) is 5.18. The minimum atomic E-state index is 0.111. The lowest BCUT2D eigenvalue weighted by atomic mass is 9.99. The first-order chi connectivity index (χ1) is 8.79. The molecule has 18 heavy (non-hydrogen) atoms. The maximum Gasteiger partial charge on any atom is 0.191 e. The second-order valence-corrected chi connectivity index (χ2v) is 6.35. The van der Waals surface area contributed by atoms with Gasteiger partial charge in [-0.25, -0.2) is 0 Å². The van der Waals surface area contributed by atoms with Gasteiger partial charge in [0.1, 0.15) is 11.6 Å². The maximum absolute atomic E-state index is 11.9. The Morgan fingerprint density at radius 2 is 2.11 bits per heavy atom. The molecule has 98 valence electrons. The topological polar surface area (TPSA) is 47.8 Å². The first-order valence-corrected chi connectivity index (χ1v) is 7.80. The van der Waals surface area contributed by atoms with E-state index < -0.39 is 0 Å². The van der Waals surface area contributed by atoms with Crippen LogP contribution in [0.15, 0.2) is 5.16 Å². The molecule has 2 fully saturated rings. The summed E-state index contributed by atoms with van der Waals surface area (Å²) in [6.45, 7) is 3.03. The van der Waals surface area contributed by atoms with Crippen LogP contribution in [0.5, 0.6) is 0 Å². The number of aromatic nitrogens is 3. The summed E-state index contributed by atoms with van der Waals surface area (Å²) in [5, 5.41) is 9.68. The van der Waals surface area contributed by atoms with Gasteiger partial charge in [-0.05, 0) is 32.6 Å². The molecule has 0 amide bonds. The molecule has 0 bridgehead atoms. The molecule has 1 heterocycles. The second kappa shape index (κ2) is 5.03. The fourth-order valence-electron chi connectivity index (χ4n) is 2.53. The number of hydrogen-bond donors (Lipinski definition) is 0. The number of thioether (sulfide) groups is 1. The fraction of sp³-hybridized carbons (Fsp3) is 0.769. The van der Waals surface area contributed by atoms with E-state index in [9.17, 15) is 4.79 Å². The van der Waals surface area contributed by atoms with Crippen LogP contribution in [0.2, 0.25) is 0 Å². The predicted octanol–water partition coefficient (Wildman–Crippen LogP) is 2.78. The molecule has 5 heteroatoms. The van der Waals surface area contributed by atoms with Gasteiger partial charge in [-0.2, -0.15) is 0 Å². The zero-order chi connectivity index (χ0) is 12.5. The molecule has 0 N–H and O–H groups in total. The lowest BCUT2D eigenvalue weighted by Gasteiger charge is -2.19. The molecule has 1 unspecified atom stereocenters. The third-order valence-corrected chi connectivity index (χ3v) is 5.05. The number of Topliss-reactive ketones (excluding diaryl/α,β-unsaturated/α-hetero) is 1.